The molecule has 1 saturated heterocycles. The van der Waals surface area contributed by atoms with Gasteiger partial charge in [0.1, 0.15) is 0 Å². The Hall–Kier alpha value is -0.220. The van der Waals surface area contributed by atoms with Gasteiger partial charge >= 0.3 is 0 Å². The molecule has 0 amide bonds. The smallest absolute Gasteiger partial charge is 0.246 e. The third-order valence-corrected chi connectivity index (χ3v) is 3.44. The molecule has 1 aliphatic heterocycles. The van der Waals surface area contributed by atoms with Crippen molar-refractivity contribution in [3.8, 4) is 0 Å². The van der Waals surface area contributed by atoms with E-state index in [-0.39, 0.29) is 17.9 Å². The van der Waals surface area contributed by atoms with Crippen molar-refractivity contribution in [3.63, 3.8) is 0 Å². The summed E-state index contributed by atoms with van der Waals surface area (Å²) in [6.07, 6.45) is 1.74. The zero-order valence-corrected chi connectivity index (χ0v) is 8.47. The first-order valence-corrected chi connectivity index (χ1v) is 5.20. The van der Waals surface area contributed by atoms with E-state index in [0.29, 0.717) is 13.1 Å². The number of rotatable bonds is 3. The number of hydrogen-bond acceptors (Lipinski definition) is 2. The lowest BCUT2D eigenvalue weighted by atomic mass is 10.0. The highest BCUT2D eigenvalue weighted by Crippen LogP contribution is 2.52. The van der Waals surface area contributed by atoms with Crippen molar-refractivity contribution in [2.45, 2.75) is 38.2 Å². The Kier molecular flexibility index (Phi) is 2.31. The fourth-order valence-corrected chi connectivity index (χ4v) is 2.23. The molecule has 0 unspecified atom stereocenters. The average Bonchev–Trinajstić information content (AvgIpc) is 2.72. The monoisotopic (exact) mass is 205 g/mol. The van der Waals surface area contributed by atoms with E-state index in [1.54, 1.807) is 0 Å². The van der Waals surface area contributed by atoms with Gasteiger partial charge in [-0.3, -0.25) is 4.90 Å². The van der Waals surface area contributed by atoms with E-state index in [1.807, 2.05) is 4.90 Å². The van der Waals surface area contributed by atoms with Crippen LogP contribution in [0.5, 0.6) is 0 Å². The molecule has 2 aliphatic rings. The van der Waals surface area contributed by atoms with Crippen LogP contribution >= 0.6 is 0 Å². The van der Waals surface area contributed by atoms with Gasteiger partial charge in [-0.05, 0) is 19.8 Å². The highest BCUT2D eigenvalue weighted by Gasteiger charge is 2.54. The topological polar surface area (TPSA) is 23.5 Å². The first-order chi connectivity index (χ1) is 6.41. The predicted molar refractivity (Wildman–Crippen MR) is 49.4 cm³/mol. The Morgan fingerprint density at radius 3 is 2.57 bits per heavy atom. The lowest BCUT2D eigenvalue weighted by Gasteiger charge is -2.17. The fourth-order valence-electron chi connectivity index (χ4n) is 2.23. The van der Waals surface area contributed by atoms with Crippen molar-refractivity contribution in [2.75, 3.05) is 19.6 Å². The van der Waals surface area contributed by atoms with Crippen molar-refractivity contribution < 1.29 is 13.9 Å². The summed E-state index contributed by atoms with van der Waals surface area (Å²) in [5.74, 6) is -2.58. The van der Waals surface area contributed by atoms with Gasteiger partial charge in [-0.1, -0.05) is 0 Å². The van der Waals surface area contributed by atoms with E-state index < -0.39 is 5.92 Å². The van der Waals surface area contributed by atoms with E-state index in [9.17, 15) is 13.9 Å². The second-order valence-electron chi connectivity index (χ2n) is 4.93. The minimum atomic E-state index is -2.58. The summed E-state index contributed by atoms with van der Waals surface area (Å²) in [6, 6.07) is 0. The molecule has 1 heterocycles. The summed E-state index contributed by atoms with van der Waals surface area (Å²) in [6.45, 7) is 2.75. The molecule has 0 aromatic rings. The largest absolute Gasteiger partial charge is 0.391 e. The van der Waals surface area contributed by atoms with Gasteiger partial charge in [0.15, 0.2) is 0 Å². The number of hydrogen-bond donors (Lipinski definition) is 1. The second-order valence-corrected chi connectivity index (χ2v) is 4.93. The Labute approximate surface area is 82.9 Å². The van der Waals surface area contributed by atoms with Crippen molar-refractivity contribution in [3.05, 3.63) is 0 Å². The van der Waals surface area contributed by atoms with Gasteiger partial charge in [0, 0.05) is 31.5 Å². The summed E-state index contributed by atoms with van der Waals surface area (Å²) >= 11 is 0. The van der Waals surface area contributed by atoms with E-state index in [1.165, 1.54) is 0 Å². The molecule has 1 atom stereocenters. The fraction of sp³-hybridized carbons (Fsp3) is 1.00. The van der Waals surface area contributed by atoms with Crippen LogP contribution in [-0.4, -0.2) is 41.7 Å². The number of aliphatic hydroxyl groups excluding tert-OH is 1. The van der Waals surface area contributed by atoms with Gasteiger partial charge in [-0.25, -0.2) is 8.78 Å². The van der Waals surface area contributed by atoms with Crippen LogP contribution in [0.15, 0.2) is 0 Å². The number of nitrogens with zero attached hydrogens (tertiary/aromatic N) is 1. The highest BCUT2D eigenvalue weighted by atomic mass is 19.3. The molecule has 0 bridgehead atoms. The minimum absolute atomic E-state index is 0.0863. The van der Waals surface area contributed by atoms with Crippen LogP contribution < -0.4 is 0 Å². The molecule has 2 rings (SSSR count). The molecule has 1 saturated carbocycles. The zero-order chi connectivity index (χ0) is 10.4. The lowest BCUT2D eigenvalue weighted by molar-refractivity contribution is 0.00410. The van der Waals surface area contributed by atoms with Gasteiger partial charge in [0.25, 0.3) is 0 Å². The molecule has 1 aliphatic carbocycles. The molecule has 14 heavy (non-hydrogen) atoms. The van der Waals surface area contributed by atoms with Crippen molar-refractivity contribution in [2.24, 2.45) is 5.41 Å². The molecule has 0 radical (unpaired) electrons. The van der Waals surface area contributed by atoms with E-state index in [0.717, 1.165) is 26.3 Å². The Morgan fingerprint density at radius 2 is 2.14 bits per heavy atom. The van der Waals surface area contributed by atoms with Crippen LogP contribution in [0.2, 0.25) is 0 Å². The van der Waals surface area contributed by atoms with Gasteiger partial charge in [0.2, 0.25) is 5.92 Å². The normalized spacial score (nSPS) is 31.3. The molecule has 2 nitrogen and oxygen atoms in total. The molecule has 4 heteroatoms. The summed E-state index contributed by atoms with van der Waals surface area (Å²) in [5.41, 5.74) is 0.0863. The van der Waals surface area contributed by atoms with E-state index >= 15 is 0 Å². The van der Waals surface area contributed by atoms with Gasteiger partial charge < -0.3 is 5.11 Å². The molecular weight excluding hydrogens is 188 g/mol. The van der Waals surface area contributed by atoms with Gasteiger partial charge in [-0.15, -0.1) is 0 Å². The molecule has 82 valence electrons. The number of β-amino-alcohol motifs (C(OH)–C–C–N with tert-alkyl or cyclic N) is 1. The minimum Gasteiger partial charge on any atom is -0.391 e. The highest BCUT2D eigenvalue weighted by molar-refractivity contribution is 5.06. The van der Waals surface area contributed by atoms with Crippen LogP contribution in [0.4, 0.5) is 8.78 Å². The first kappa shape index (κ1) is 10.3. The second kappa shape index (κ2) is 3.14. The lowest BCUT2D eigenvalue weighted by Crippen LogP contribution is -2.27. The summed E-state index contributed by atoms with van der Waals surface area (Å²) < 4.78 is 25.2. The first-order valence-electron chi connectivity index (χ1n) is 5.20. The summed E-state index contributed by atoms with van der Waals surface area (Å²) in [5, 5.41) is 9.69. The van der Waals surface area contributed by atoms with Crippen molar-refractivity contribution >= 4 is 0 Å². The van der Waals surface area contributed by atoms with Crippen LogP contribution in [0.25, 0.3) is 0 Å². The van der Waals surface area contributed by atoms with E-state index in [2.05, 4.69) is 0 Å². The van der Waals surface area contributed by atoms with Crippen LogP contribution in [0.3, 0.4) is 0 Å². The average molecular weight is 205 g/mol. The molecular formula is C10H17F2NO. The maximum atomic E-state index is 12.6. The number of likely N-dealkylation sites (tertiary alicyclic amines) is 1. The third kappa shape index (κ3) is 2.06. The van der Waals surface area contributed by atoms with Crippen LogP contribution in [0, 0.1) is 5.41 Å². The molecule has 0 aromatic carbocycles. The van der Waals surface area contributed by atoms with Crippen molar-refractivity contribution in [1.29, 1.82) is 0 Å². The zero-order valence-electron chi connectivity index (χ0n) is 8.47. The van der Waals surface area contributed by atoms with Crippen molar-refractivity contribution in [1.82, 2.24) is 4.90 Å². The molecule has 0 aromatic heterocycles. The third-order valence-electron chi connectivity index (χ3n) is 3.44. The quantitative estimate of drug-likeness (QED) is 0.754. The SMILES string of the molecule is CC(F)(F)CCN1C[C@@H](O)C2(CC2)C1. The summed E-state index contributed by atoms with van der Waals surface area (Å²) in [4.78, 5) is 1.97. The predicted octanol–water partition coefficient (Wildman–Crippen LogP) is 1.49. The Morgan fingerprint density at radius 1 is 1.50 bits per heavy atom. The van der Waals surface area contributed by atoms with E-state index in [4.69, 9.17) is 0 Å². The van der Waals surface area contributed by atoms with Crippen LogP contribution in [0.1, 0.15) is 26.2 Å². The number of alkyl halides is 2. The summed E-state index contributed by atoms with van der Waals surface area (Å²) in [7, 11) is 0. The van der Waals surface area contributed by atoms with Crippen LogP contribution in [-0.2, 0) is 0 Å². The number of aliphatic hydroxyl groups is 1. The maximum Gasteiger partial charge on any atom is 0.246 e. The molecule has 2 fully saturated rings. The maximum absolute atomic E-state index is 12.6. The Balaban J connectivity index is 1.79. The number of halogens is 2. The van der Waals surface area contributed by atoms with Gasteiger partial charge in [0.05, 0.1) is 6.10 Å². The van der Waals surface area contributed by atoms with Gasteiger partial charge in [-0.2, -0.15) is 0 Å². The molecule has 1 N–H and O–H groups in total. The Bertz CT molecular complexity index is 223. The molecule has 1 spiro atoms. The standard InChI is InChI=1S/C10H17F2NO/c1-9(11,12)4-5-13-6-8(14)10(7-13)2-3-10/h8,14H,2-7H2,1H3/t8-/m1/s1.